The fourth-order valence-electron chi connectivity index (χ4n) is 3.83. The van der Waals surface area contributed by atoms with Gasteiger partial charge in [0, 0.05) is 19.6 Å². The van der Waals surface area contributed by atoms with Crippen molar-refractivity contribution in [3.05, 3.63) is 71.8 Å². The molecule has 1 N–H and O–H groups in total. The van der Waals surface area contributed by atoms with Crippen molar-refractivity contribution < 1.29 is 9.53 Å². The van der Waals surface area contributed by atoms with Crippen LogP contribution in [-0.2, 0) is 4.74 Å². The largest absolute Gasteiger partial charge is 0.446 e. The molecule has 0 radical (unpaired) electrons. The molecule has 4 nitrogen and oxygen atoms in total. The van der Waals surface area contributed by atoms with Gasteiger partial charge >= 0.3 is 6.09 Å². The monoisotopic (exact) mass is 364 g/mol. The Morgan fingerprint density at radius 1 is 0.926 bits per heavy atom. The number of nitrogens with one attached hydrogen (secondary N) is 1. The predicted octanol–water partition coefficient (Wildman–Crippen LogP) is 4.38. The third-order valence-electron chi connectivity index (χ3n) is 5.55. The highest BCUT2D eigenvalue weighted by Crippen LogP contribution is 2.30. The van der Waals surface area contributed by atoms with Crippen LogP contribution in [0.1, 0.15) is 42.9 Å². The van der Waals surface area contributed by atoms with E-state index in [0.29, 0.717) is 0 Å². The fraction of sp³-hybridized carbons (Fsp3) is 0.435. The number of benzene rings is 2. The Balaban J connectivity index is 1.34. The Hall–Kier alpha value is -2.33. The number of nitrogens with zero attached hydrogens (tertiary/aromatic N) is 1. The molecule has 2 aromatic carbocycles. The number of ether oxygens (including phenoxy) is 1. The van der Waals surface area contributed by atoms with Crippen LogP contribution in [0.25, 0.3) is 0 Å². The van der Waals surface area contributed by atoms with Crippen LogP contribution in [0, 0.1) is 5.92 Å². The molecule has 142 valence electrons. The van der Waals surface area contributed by atoms with Gasteiger partial charge in [-0.1, -0.05) is 60.7 Å². The van der Waals surface area contributed by atoms with E-state index in [-0.39, 0.29) is 18.2 Å². The van der Waals surface area contributed by atoms with E-state index in [4.69, 9.17) is 4.74 Å². The summed E-state index contributed by atoms with van der Waals surface area (Å²) in [7, 11) is 0. The van der Waals surface area contributed by atoms with Crippen molar-refractivity contribution in [2.24, 2.45) is 5.92 Å². The van der Waals surface area contributed by atoms with Gasteiger partial charge in [-0.05, 0) is 42.7 Å². The molecule has 4 heteroatoms. The lowest BCUT2D eigenvalue weighted by atomic mass is 9.99. The van der Waals surface area contributed by atoms with E-state index in [1.54, 1.807) is 0 Å². The second kappa shape index (κ2) is 8.57. The number of rotatable bonds is 6. The first-order valence-electron chi connectivity index (χ1n) is 10.1. The summed E-state index contributed by atoms with van der Waals surface area (Å²) in [6.07, 6.45) is 4.34. The highest BCUT2D eigenvalue weighted by Gasteiger charge is 2.28. The molecule has 27 heavy (non-hydrogen) atoms. The van der Waals surface area contributed by atoms with Gasteiger partial charge < -0.3 is 15.0 Å². The molecular formula is C23H28N2O2. The van der Waals surface area contributed by atoms with E-state index < -0.39 is 0 Å². The molecule has 2 fully saturated rings. The average Bonchev–Trinajstić information content (AvgIpc) is 3.53. The number of amides is 1. The van der Waals surface area contributed by atoms with Gasteiger partial charge in [-0.25, -0.2) is 4.79 Å². The predicted molar refractivity (Wildman–Crippen MR) is 107 cm³/mol. The summed E-state index contributed by atoms with van der Waals surface area (Å²) in [4.78, 5) is 15.1. The van der Waals surface area contributed by atoms with Crippen LogP contribution in [0.5, 0.6) is 0 Å². The molecular weight excluding hydrogens is 336 g/mol. The molecule has 1 amide bonds. The first kappa shape index (κ1) is 18.1. The standard InChI is InChI=1S/C23H28N2O2/c26-23(27-21-13-15-25(16-14-21)17-18-11-12-18)24-22(19-7-3-1-4-8-19)20-9-5-2-6-10-20/h1-10,18,21-22H,11-17H2,(H,24,26). The summed E-state index contributed by atoms with van der Waals surface area (Å²) in [6.45, 7) is 3.30. The summed E-state index contributed by atoms with van der Waals surface area (Å²) in [5, 5.41) is 3.08. The van der Waals surface area contributed by atoms with Gasteiger partial charge in [0.25, 0.3) is 0 Å². The summed E-state index contributed by atoms with van der Waals surface area (Å²) in [5.74, 6) is 0.920. The molecule has 0 aromatic heterocycles. The Labute approximate surface area is 161 Å². The van der Waals surface area contributed by atoms with Crippen LogP contribution in [0.3, 0.4) is 0 Å². The van der Waals surface area contributed by atoms with E-state index in [2.05, 4.69) is 10.2 Å². The number of piperidine rings is 1. The van der Waals surface area contributed by atoms with Crippen LogP contribution in [0.4, 0.5) is 4.79 Å². The summed E-state index contributed by atoms with van der Waals surface area (Å²) in [5.41, 5.74) is 2.11. The Morgan fingerprint density at radius 2 is 1.48 bits per heavy atom. The van der Waals surface area contributed by atoms with Crippen molar-refractivity contribution in [3.8, 4) is 0 Å². The third kappa shape index (κ3) is 5.10. The van der Waals surface area contributed by atoms with Crippen LogP contribution >= 0.6 is 0 Å². The topological polar surface area (TPSA) is 41.6 Å². The summed E-state index contributed by atoms with van der Waals surface area (Å²) < 4.78 is 5.76. The fourth-order valence-corrected chi connectivity index (χ4v) is 3.83. The van der Waals surface area contributed by atoms with Gasteiger partial charge in [-0.3, -0.25) is 0 Å². The number of carbonyl (C=O) groups excluding carboxylic acids is 1. The molecule has 1 aliphatic carbocycles. The maximum atomic E-state index is 12.6. The molecule has 0 spiro atoms. The molecule has 0 atom stereocenters. The second-order valence-corrected chi connectivity index (χ2v) is 7.75. The second-order valence-electron chi connectivity index (χ2n) is 7.75. The summed E-state index contributed by atoms with van der Waals surface area (Å²) in [6, 6.07) is 19.9. The average molecular weight is 364 g/mol. The molecule has 1 aliphatic heterocycles. The lowest BCUT2D eigenvalue weighted by molar-refractivity contribution is 0.0485. The number of hydrogen-bond donors (Lipinski definition) is 1. The molecule has 0 unspecified atom stereocenters. The molecule has 1 saturated heterocycles. The molecule has 1 saturated carbocycles. The van der Waals surface area contributed by atoms with E-state index >= 15 is 0 Å². The van der Waals surface area contributed by atoms with Gasteiger partial charge in [-0.2, -0.15) is 0 Å². The zero-order valence-corrected chi connectivity index (χ0v) is 15.7. The minimum atomic E-state index is -0.326. The van der Waals surface area contributed by atoms with E-state index in [1.807, 2.05) is 60.7 Å². The minimum Gasteiger partial charge on any atom is -0.446 e. The first-order valence-corrected chi connectivity index (χ1v) is 10.1. The van der Waals surface area contributed by atoms with E-state index in [1.165, 1.54) is 19.4 Å². The van der Waals surface area contributed by atoms with Crippen molar-refractivity contribution >= 4 is 6.09 Å². The van der Waals surface area contributed by atoms with Crippen molar-refractivity contribution in [2.75, 3.05) is 19.6 Å². The number of likely N-dealkylation sites (tertiary alicyclic amines) is 1. The van der Waals surface area contributed by atoms with Gasteiger partial charge in [0.05, 0.1) is 6.04 Å². The normalized spacial score (nSPS) is 18.4. The Bertz CT molecular complexity index is 683. The SMILES string of the molecule is O=C(NC(c1ccccc1)c1ccccc1)OC1CCN(CC2CC2)CC1. The molecule has 2 aliphatic rings. The lowest BCUT2D eigenvalue weighted by Gasteiger charge is -2.32. The first-order chi connectivity index (χ1) is 13.3. The van der Waals surface area contributed by atoms with Gasteiger partial charge in [0.1, 0.15) is 6.10 Å². The lowest BCUT2D eigenvalue weighted by Crippen LogP contribution is -2.41. The van der Waals surface area contributed by atoms with Crippen molar-refractivity contribution in [1.29, 1.82) is 0 Å². The number of hydrogen-bond acceptors (Lipinski definition) is 3. The summed E-state index contributed by atoms with van der Waals surface area (Å²) >= 11 is 0. The van der Waals surface area contributed by atoms with Crippen LogP contribution in [-0.4, -0.2) is 36.7 Å². The number of carbonyl (C=O) groups is 1. The van der Waals surface area contributed by atoms with Gasteiger partial charge in [-0.15, -0.1) is 0 Å². The van der Waals surface area contributed by atoms with Crippen LogP contribution < -0.4 is 5.32 Å². The molecule has 2 aromatic rings. The smallest absolute Gasteiger partial charge is 0.408 e. The Kier molecular flexibility index (Phi) is 5.73. The van der Waals surface area contributed by atoms with Gasteiger partial charge in [0.15, 0.2) is 0 Å². The minimum absolute atomic E-state index is 0.0210. The zero-order valence-electron chi connectivity index (χ0n) is 15.7. The zero-order chi connectivity index (χ0) is 18.5. The van der Waals surface area contributed by atoms with Crippen LogP contribution in [0.15, 0.2) is 60.7 Å². The highest BCUT2D eigenvalue weighted by molar-refractivity contribution is 5.69. The van der Waals surface area contributed by atoms with E-state index in [0.717, 1.165) is 43.0 Å². The van der Waals surface area contributed by atoms with Crippen molar-refractivity contribution in [3.63, 3.8) is 0 Å². The quantitative estimate of drug-likeness (QED) is 0.827. The molecule has 1 heterocycles. The maximum Gasteiger partial charge on any atom is 0.408 e. The highest BCUT2D eigenvalue weighted by atomic mass is 16.6. The molecule has 0 bridgehead atoms. The Morgan fingerprint density at radius 3 is 2.00 bits per heavy atom. The number of alkyl carbamates (subject to hydrolysis) is 1. The third-order valence-corrected chi connectivity index (χ3v) is 5.55. The molecule has 4 rings (SSSR count). The maximum absolute atomic E-state index is 12.6. The van der Waals surface area contributed by atoms with E-state index in [9.17, 15) is 4.79 Å². The van der Waals surface area contributed by atoms with Crippen molar-refractivity contribution in [2.45, 2.75) is 37.8 Å². The van der Waals surface area contributed by atoms with Crippen LogP contribution in [0.2, 0.25) is 0 Å². The van der Waals surface area contributed by atoms with Crippen molar-refractivity contribution in [1.82, 2.24) is 10.2 Å². The van der Waals surface area contributed by atoms with Gasteiger partial charge in [0.2, 0.25) is 0 Å².